The fourth-order valence-electron chi connectivity index (χ4n) is 3.05. The molecule has 0 amide bonds. The molecule has 3 atom stereocenters. The second-order valence-corrected chi connectivity index (χ2v) is 4.97. The van der Waals surface area contributed by atoms with E-state index in [1.165, 1.54) is 31.2 Å². The van der Waals surface area contributed by atoms with Crippen LogP contribution in [0, 0.1) is 5.92 Å². The number of pyridine rings is 1. The van der Waals surface area contributed by atoms with E-state index in [0.717, 1.165) is 18.0 Å². The maximum atomic E-state index is 4.11. The number of nitrogens with zero attached hydrogens (tertiary/aromatic N) is 1. The van der Waals surface area contributed by atoms with Crippen molar-refractivity contribution in [3.05, 3.63) is 36.2 Å². The van der Waals surface area contributed by atoms with Gasteiger partial charge < -0.3 is 5.32 Å². The first-order chi connectivity index (χ1) is 7.92. The summed E-state index contributed by atoms with van der Waals surface area (Å²) in [4.78, 5) is 4.11. The van der Waals surface area contributed by atoms with Gasteiger partial charge in [0.05, 0.1) is 0 Å². The Balaban J connectivity index is 1.55. The van der Waals surface area contributed by atoms with Crippen molar-refractivity contribution in [1.82, 2.24) is 10.3 Å². The predicted octanol–water partition coefficient (Wildman–Crippen LogP) is 2.63. The van der Waals surface area contributed by atoms with Crippen LogP contribution in [0.3, 0.4) is 0 Å². The third-order valence-electron chi connectivity index (χ3n) is 3.87. The van der Waals surface area contributed by atoms with Crippen LogP contribution in [-0.2, 0) is 0 Å². The molecule has 2 fully saturated rings. The lowest BCUT2D eigenvalue weighted by atomic mass is 9.87. The molecular weight excluding hydrogens is 196 g/mol. The van der Waals surface area contributed by atoms with Crippen molar-refractivity contribution in [2.45, 2.75) is 37.8 Å². The smallest absolute Gasteiger partial charge is 0.0340 e. The maximum Gasteiger partial charge on any atom is 0.0340 e. The minimum absolute atomic E-state index is 0.795. The Hall–Kier alpha value is -1.15. The van der Waals surface area contributed by atoms with Gasteiger partial charge in [0.2, 0.25) is 0 Å². The van der Waals surface area contributed by atoms with Crippen molar-refractivity contribution < 1.29 is 0 Å². The maximum absolute atomic E-state index is 4.11. The number of rotatable bonds is 3. The van der Waals surface area contributed by atoms with E-state index in [1.807, 2.05) is 18.5 Å². The van der Waals surface area contributed by atoms with Gasteiger partial charge in [-0.15, -0.1) is 0 Å². The van der Waals surface area contributed by atoms with Crippen LogP contribution in [0.4, 0.5) is 0 Å². The summed E-state index contributed by atoms with van der Waals surface area (Å²) in [6.45, 7) is 0. The SMILES string of the molecule is C(=Cc1cccnc1)CC1CC2CCC1N2. The summed E-state index contributed by atoms with van der Waals surface area (Å²) >= 11 is 0. The largest absolute Gasteiger partial charge is 0.311 e. The molecule has 1 aromatic rings. The van der Waals surface area contributed by atoms with Gasteiger partial charge in [0, 0.05) is 24.5 Å². The van der Waals surface area contributed by atoms with Gasteiger partial charge in [0.15, 0.2) is 0 Å². The Morgan fingerprint density at radius 1 is 1.44 bits per heavy atom. The topological polar surface area (TPSA) is 24.9 Å². The highest BCUT2D eigenvalue weighted by Gasteiger charge is 2.37. The van der Waals surface area contributed by atoms with E-state index in [0.29, 0.717) is 0 Å². The molecule has 0 radical (unpaired) electrons. The van der Waals surface area contributed by atoms with Gasteiger partial charge in [-0.3, -0.25) is 4.98 Å². The fourth-order valence-corrected chi connectivity index (χ4v) is 3.05. The van der Waals surface area contributed by atoms with Crippen molar-refractivity contribution in [2.24, 2.45) is 5.92 Å². The van der Waals surface area contributed by atoms with Crippen LogP contribution in [0.2, 0.25) is 0 Å². The van der Waals surface area contributed by atoms with Gasteiger partial charge in [-0.1, -0.05) is 18.2 Å². The molecule has 3 unspecified atom stereocenters. The van der Waals surface area contributed by atoms with Crippen LogP contribution in [0.1, 0.15) is 31.2 Å². The molecule has 0 aromatic carbocycles. The van der Waals surface area contributed by atoms with Gasteiger partial charge in [-0.05, 0) is 43.2 Å². The molecular formula is C14H18N2. The van der Waals surface area contributed by atoms with E-state index in [1.54, 1.807) is 0 Å². The van der Waals surface area contributed by atoms with E-state index >= 15 is 0 Å². The molecule has 0 aliphatic carbocycles. The van der Waals surface area contributed by atoms with Gasteiger partial charge in [0.25, 0.3) is 0 Å². The summed E-state index contributed by atoms with van der Waals surface area (Å²) < 4.78 is 0. The number of aromatic nitrogens is 1. The summed E-state index contributed by atoms with van der Waals surface area (Å²) in [5, 5.41) is 3.68. The Morgan fingerprint density at radius 3 is 3.12 bits per heavy atom. The molecule has 16 heavy (non-hydrogen) atoms. The number of hydrogen-bond donors (Lipinski definition) is 1. The van der Waals surface area contributed by atoms with Gasteiger partial charge in [-0.25, -0.2) is 0 Å². The predicted molar refractivity (Wildman–Crippen MR) is 65.9 cm³/mol. The highest BCUT2D eigenvalue weighted by Crippen LogP contribution is 2.35. The minimum Gasteiger partial charge on any atom is -0.311 e. The minimum atomic E-state index is 0.795. The molecule has 84 valence electrons. The van der Waals surface area contributed by atoms with Crippen molar-refractivity contribution in [1.29, 1.82) is 0 Å². The summed E-state index contributed by atoms with van der Waals surface area (Å²) in [6, 6.07) is 5.70. The molecule has 1 aromatic heterocycles. The second kappa shape index (κ2) is 4.38. The average molecular weight is 214 g/mol. The zero-order valence-corrected chi connectivity index (χ0v) is 9.47. The van der Waals surface area contributed by atoms with Crippen LogP contribution in [-0.4, -0.2) is 17.1 Å². The van der Waals surface area contributed by atoms with Crippen LogP contribution >= 0.6 is 0 Å². The Morgan fingerprint density at radius 2 is 2.44 bits per heavy atom. The molecule has 2 saturated heterocycles. The molecule has 3 heterocycles. The zero-order chi connectivity index (χ0) is 10.8. The number of hydrogen-bond acceptors (Lipinski definition) is 2. The molecule has 1 N–H and O–H groups in total. The van der Waals surface area contributed by atoms with Crippen molar-refractivity contribution in [3.8, 4) is 0 Å². The van der Waals surface area contributed by atoms with E-state index in [9.17, 15) is 0 Å². The molecule has 2 bridgehead atoms. The second-order valence-electron chi connectivity index (χ2n) is 4.97. The van der Waals surface area contributed by atoms with Gasteiger partial charge >= 0.3 is 0 Å². The number of nitrogens with one attached hydrogen (secondary N) is 1. The lowest BCUT2D eigenvalue weighted by molar-refractivity contribution is 0.411. The lowest BCUT2D eigenvalue weighted by Gasteiger charge is -2.17. The molecule has 0 spiro atoms. The molecule has 2 nitrogen and oxygen atoms in total. The third-order valence-corrected chi connectivity index (χ3v) is 3.87. The summed E-state index contributed by atoms with van der Waals surface area (Å²) in [5.74, 6) is 0.867. The number of fused-ring (bicyclic) bond motifs is 2. The first-order valence-corrected chi connectivity index (χ1v) is 6.24. The van der Waals surface area contributed by atoms with E-state index < -0.39 is 0 Å². The molecule has 2 aliphatic heterocycles. The molecule has 0 saturated carbocycles. The first-order valence-electron chi connectivity index (χ1n) is 6.24. The van der Waals surface area contributed by atoms with Crippen LogP contribution in [0.5, 0.6) is 0 Å². The number of allylic oxidation sites excluding steroid dienone is 1. The fraction of sp³-hybridized carbons (Fsp3) is 0.500. The summed E-state index contributed by atoms with van der Waals surface area (Å²) in [7, 11) is 0. The first kappa shape index (κ1) is 10.0. The quantitative estimate of drug-likeness (QED) is 0.836. The summed E-state index contributed by atoms with van der Waals surface area (Å²) in [6.07, 6.45) is 13.6. The van der Waals surface area contributed by atoms with E-state index in [-0.39, 0.29) is 0 Å². The Bertz CT molecular complexity index is 372. The van der Waals surface area contributed by atoms with Crippen molar-refractivity contribution in [2.75, 3.05) is 0 Å². The van der Waals surface area contributed by atoms with E-state index in [2.05, 4.69) is 28.5 Å². The van der Waals surface area contributed by atoms with Crippen LogP contribution < -0.4 is 5.32 Å². The molecule has 2 aliphatic rings. The highest BCUT2D eigenvalue weighted by molar-refractivity contribution is 5.47. The monoisotopic (exact) mass is 214 g/mol. The van der Waals surface area contributed by atoms with E-state index in [4.69, 9.17) is 0 Å². The standard InChI is InChI=1S/C14H18N2/c1(3-11-4-2-8-15-10-11)5-12-9-13-6-7-14(12)16-13/h1-4,8,10,12-14,16H,5-7,9H2. The summed E-state index contributed by atoms with van der Waals surface area (Å²) in [5.41, 5.74) is 1.21. The third kappa shape index (κ3) is 2.03. The Labute approximate surface area is 96.8 Å². The zero-order valence-electron chi connectivity index (χ0n) is 9.47. The van der Waals surface area contributed by atoms with Crippen LogP contribution in [0.25, 0.3) is 6.08 Å². The van der Waals surface area contributed by atoms with Gasteiger partial charge in [0.1, 0.15) is 0 Å². The molecule has 2 heteroatoms. The van der Waals surface area contributed by atoms with Crippen molar-refractivity contribution in [3.63, 3.8) is 0 Å². The molecule has 3 rings (SSSR count). The lowest BCUT2D eigenvalue weighted by Crippen LogP contribution is -2.22. The van der Waals surface area contributed by atoms with Crippen LogP contribution in [0.15, 0.2) is 30.6 Å². The van der Waals surface area contributed by atoms with Gasteiger partial charge in [-0.2, -0.15) is 0 Å². The average Bonchev–Trinajstić information content (AvgIpc) is 2.92. The Kier molecular flexibility index (Phi) is 2.75. The normalized spacial score (nSPS) is 32.6. The van der Waals surface area contributed by atoms with Crippen molar-refractivity contribution >= 4 is 6.08 Å². The highest BCUT2D eigenvalue weighted by atomic mass is 15.0.